The maximum absolute atomic E-state index is 13.7. The number of hydrogen-bond acceptors (Lipinski definition) is 5. The summed E-state index contributed by atoms with van der Waals surface area (Å²) in [5.41, 5.74) is -1.99. The fourth-order valence-electron chi connectivity index (χ4n) is 4.38. The van der Waals surface area contributed by atoms with Gasteiger partial charge in [0.1, 0.15) is 17.0 Å². The van der Waals surface area contributed by atoms with E-state index in [9.17, 15) is 31.1 Å². The van der Waals surface area contributed by atoms with Gasteiger partial charge in [-0.1, -0.05) is 12.1 Å². The summed E-state index contributed by atoms with van der Waals surface area (Å²) >= 11 is 0. The Morgan fingerprint density at radius 1 is 1.02 bits per heavy atom. The number of carbonyl (C=O) groups is 1. The number of benzene rings is 2. The largest absolute Gasteiger partial charge is 0.496 e. The van der Waals surface area contributed by atoms with Gasteiger partial charge in [0.05, 0.1) is 23.9 Å². The lowest BCUT2D eigenvalue weighted by atomic mass is 9.93. The number of amides is 1. The summed E-state index contributed by atoms with van der Waals surface area (Å²) in [4.78, 5) is 15.8. The zero-order valence-corrected chi connectivity index (χ0v) is 23.6. The standard InChI is InChI=1S/C29H33F6N3O3/c1-16-13-22(29(33,34)35)38-25-20(37-17(2)9-8-12-36-26(39)41-27(3,4)5)15-21(40-6)24(23(16)25)18-10-7-11-19(14-18)28(30,31)32/h7,10-11,13-15,17,37H,8-9,12H2,1-6H3,(H,36,39). The van der Waals surface area contributed by atoms with Gasteiger partial charge in [-0.25, -0.2) is 9.78 Å². The molecule has 1 aromatic heterocycles. The highest BCUT2D eigenvalue weighted by Gasteiger charge is 2.35. The minimum atomic E-state index is -4.74. The minimum absolute atomic E-state index is 0.0516. The molecule has 12 heteroatoms. The number of ether oxygens (including phenoxy) is 2. The van der Waals surface area contributed by atoms with Gasteiger partial charge in [0.25, 0.3) is 0 Å². The Morgan fingerprint density at radius 3 is 2.29 bits per heavy atom. The molecule has 3 rings (SSSR count). The van der Waals surface area contributed by atoms with Crippen molar-refractivity contribution in [3.63, 3.8) is 0 Å². The van der Waals surface area contributed by atoms with Gasteiger partial charge in [0.15, 0.2) is 0 Å². The first-order valence-corrected chi connectivity index (χ1v) is 12.9. The van der Waals surface area contributed by atoms with Crippen LogP contribution in [0.1, 0.15) is 57.4 Å². The van der Waals surface area contributed by atoms with Crippen LogP contribution in [0.4, 0.5) is 36.8 Å². The van der Waals surface area contributed by atoms with Gasteiger partial charge in [-0.2, -0.15) is 26.3 Å². The molecule has 0 spiro atoms. The number of hydrogen-bond donors (Lipinski definition) is 2. The van der Waals surface area contributed by atoms with Gasteiger partial charge in [-0.15, -0.1) is 0 Å². The molecule has 224 valence electrons. The maximum Gasteiger partial charge on any atom is 0.433 e. The van der Waals surface area contributed by atoms with Crippen LogP contribution < -0.4 is 15.4 Å². The molecule has 0 fully saturated rings. The summed E-state index contributed by atoms with van der Waals surface area (Å²) in [5, 5.41) is 6.06. The highest BCUT2D eigenvalue weighted by molar-refractivity contribution is 6.06. The van der Waals surface area contributed by atoms with Gasteiger partial charge in [-0.05, 0) is 76.8 Å². The van der Waals surface area contributed by atoms with E-state index < -0.39 is 35.3 Å². The highest BCUT2D eigenvalue weighted by atomic mass is 19.4. The number of anilines is 1. The fraction of sp³-hybridized carbons (Fsp3) is 0.448. The van der Waals surface area contributed by atoms with Crippen LogP contribution in [0, 0.1) is 6.92 Å². The van der Waals surface area contributed by atoms with Gasteiger partial charge >= 0.3 is 18.4 Å². The second kappa shape index (κ2) is 12.0. The first kappa shape index (κ1) is 31.8. The summed E-state index contributed by atoms with van der Waals surface area (Å²) in [6.07, 6.45) is -8.87. The van der Waals surface area contributed by atoms with Crippen LogP contribution in [-0.2, 0) is 17.1 Å². The second-order valence-electron chi connectivity index (χ2n) is 10.7. The SMILES string of the molecule is COc1cc(NC(C)CCCNC(=O)OC(C)(C)C)c2nc(C(F)(F)F)cc(C)c2c1-c1cccc(C(F)(F)F)c1. The van der Waals surface area contributed by atoms with Gasteiger partial charge in [0.2, 0.25) is 0 Å². The van der Waals surface area contributed by atoms with Gasteiger partial charge < -0.3 is 20.1 Å². The van der Waals surface area contributed by atoms with Crippen molar-refractivity contribution in [2.75, 3.05) is 19.0 Å². The third kappa shape index (κ3) is 8.17. The topological polar surface area (TPSA) is 72.5 Å². The Balaban J connectivity index is 2.02. The Hall–Kier alpha value is -3.70. The average molecular weight is 586 g/mol. The van der Waals surface area contributed by atoms with Crippen molar-refractivity contribution in [3.8, 4) is 16.9 Å². The molecule has 2 aromatic carbocycles. The van der Waals surface area contributed by atoms with Crippen LogP contribution in [0.2, 0.25) is 0 Å². The molecule has 0 radical (unpaired) electrons. The van der Waals surface area contributed by atoms with E-state index in [4.69, 9.17) is 9.47 Å². The number of halogens is 6. The van der Waals surface area contributed by atoms with Crippen molar-refractivity contribution in [1.82, 2.24) is 10.3 Å². The summed E-state index contributed by atoms with van der Waals surface area (Å²) in [6.45, 7) is 8.81. The van der Waals surface area contributed by atoms with E-state index in [1.54, 1.807) is 20.8 Å². The highest BCUT2D eigenvalue weighted by Crippen LogP contribution is 2.45. The number of nitrogens with zero attached hydrogens (tertiary/aromatic N) is 1. The molecule has 1 unspecified atom stereocenters. The van der Waals surface area contributed by atoms with E-state index in [1.807, 2.05) is 6.92 Å². The molecule has 1 heterocycles. The summed E-state index contributed by atoms with van der Waals surface area (Å²) < 4.78 is 92.4. The number of aromatic nitrogens is 1. The Bertz CT molecular complexity index is 1400. The van der Waals surface area contributed by atoms with Crippen molar-refractivity contribution in [2.24, 2.45) is 0 Å². The normalized spacial score (nSPS) is 13.2. The lowest BCUT2D eigenvalue weighted by Crippen LogP contribution is -2.33. The fourth-order valence-corrected chi connectivity index (χ4v) is 4.38. The number of rotatable bonds is 8. The van der Waals surface area contributed by atoms with Crippen molar-refractivity contribution >= 4 is 22.7 Å². The first-order valence-electron chi connectivity index (χ1n) is 12.9. The molecule has 0 bridgehead atoms. The summed E-state index contributed by atoms with van der Waals surface area (Å²) in [6, 6.07) is 6.56. The smallest absolute Gasteiger partial charge is 0.433 e. The monoisotopic (exact) mass is 585 g/mol. The number of methoxy groups -OCH3 is 1. The van der Waals surface area contributed by atoms with Crippen LogP contribution in [0.15, 0.2) is 36.4 Å². The van der Waals surface area contributed by atoms with Crippen LogP contribution in [0.25, 0.3) is 22.0 Å². The van der Waals surface area contributed by atoms with E-state index in [0.717, 1.165) is 18.2 Å². The molecule has 0 saturated carbocycles. The van der Waals surface area contributed by atoms with E-state index in [1.165, 1.54) is 32.2 Å². The van der Waals surface area contributed by atoms with E-state index in [0.29, 0.717) is 19.4 Å². The number of pyridine rings is 1. The number of carbonyl (C=O) groups excluding carboxylic acids is 1. The third-order valence-electron chi connectivity index (χ3n) is 6.12. The number of fused-ring (bicyclic) bond motifs is 1. The number of aryl methyl sites for hydroxylation is 1. The van der Waals surface area contributed by atoms with Crippen LogP contribution in [0.5, 0.6) is 5.75 Å². The Kier molecular flexibility index (Phi) is 9.34. The second-order valence-corrected chi connectivity index (χ2v) is 10.7. The zero-order valence-electron chi connectivity index (χ0n) is 23.6. The molecule has 0 aliphatic rings. The molecule has 0 aliphatic heterocycles. The van der Waals surface area contributed by atoms with Crippen molar-refractivity contribution in [3.05, 3.63) is 53.2 Å². The Labute approximate surface area is 234 Å². The Morgan fingerprint density at radius 2 is 1.71 bits per heavy atom. The maximum atomic E-state index is 13.7. The molecule has 0 saturated heterocycles. The average Bonchev–Trinajstić information content (AvgIpc) is 2.84. The summed E-state index contributed by atoms with van der Waals surface area (Å²) in [5.74, 6) is 0.169. The third-order valence-corrected chi connectivity index (χ3v) is 6.12. The quantitative estimate of drug-likeness (QED) is 0.205. The predicted octanol–water partition coefficient (Wildman–Crippen LogP) is 8.36. The molecule has 3 aromatic rings. The molecule has 1 amide bonds. The van der Waals surface area contributed by atoms with E-state index in [-0.39, 0.29) is 45.1 Å². The van der Waals surface area contributed by atoms with Gasteiger partial charge in [-0.3, -0.25) is 0 Å². The zero-order chi connectivity index (χ0) is 30.8. The van der Waals surface area contributed by atoms with Crippen LogP contribution in [-0.4, -0.2) is 36.4 Å². The number of alkyl halides is 6. The van der Waals surface area contributed by atoms with Crippen molar-refractivity contribution in [1.29, 1.82) is 0 Å². The number of nitrogens with one attached hydrogen (secondary N) is 2. The van der Waals surface area contributed by atoms with Gasteiger partial charge in [0, 0.05) is 29.6 Å². The van der Waals surface area contributed by atoms with Crippen molar-refractivity contribution in [2.45, 2.75) is 71.5 Å². The molecule has 6 nitrogen and oxygen atoms in total. The molecule has 41 heavy (non-hydrogen) atoms. The predicted molar refractivity (Wildman–Crippen MR) is 145 cm³/mol. The molecular formula is C29H33F6N3O3. The molecule has 2 N–H and O–H groups in total. The molecule has 0 aliphatic carbocycles. The molecular weight excluding hydrogens is 552 g/mol. The lowest BCUT2D eigenvalue weighted by molar-refractivity contribution is -0.141. The lowest BCUT2D eigenvalue weighted by Gasteiger charge is -2.22. The van der Waals surface area contributed by atoms with Crippen LogP contribution >= 0.6 is 0 Å². The summed E-state index contributed by atoms with van der Waals surface area (Å²) in [7, 11) is 1.33. The first-order chi connectivity index (χ1) is 18.9. The number of alkyl carbamates (subject to hydrolysis) is 1. The van der Waals surface area contributed by atoms with Crippen LogP contribution in [0.3, 0.4) is 0 Å². The van der Waals surface area contributed by atoms with E-state index in [2.05, 4.69) is 15.6 Å². The van der Waals surface area contributed by atoms with Crippen molar-refractivity contribution < 1.29 is 40.6 Å². The minimum Gasteiger partial charge on any atom is -0.496 e. The van der Waals surface area contributed by atoms with E-state index >= 15 is 0 Å². The molecule has 1 atom stereocenters.